The van der Waals surface area contributed by atoms with Gasteiger partial charge < -0.3 is 9.88 Å². The first-order chi connectivity index (χ1) is 6.86. The molecule has 1 atom stereocenters. The van der Waals surface area contributed by atoms with Crippen molar-refractivity contribution in [3.63, 3.8) is 0 Å². The Hall–Kier alpha value is -0.900. The van der Waals surface area contributed by atoms with Gasteiger partial charge in [-0.2, -0.15) is 0 Å². The van der Waals surface area contributed by atoms with Crippen LogP contribution >= 0.6 is 0 Å². The van der Waals surface area contributed by atoms with Gasteiger partial charge in [0.25, 0.3) is 0 Å². The van der Waals surface area contributed by atoms with E-state index in [2.05, 4.69) is 15.5 Å². The lowest BCUT2D eigenvalue weighted by Gasteiger charge is -2.22. The van der Waals surface area contributed by atoms with Crippen LogP contribution in [0.4, 0.5) is 0 Å². The summed E-state index contributed by atoms with van der Waals surface area (Å²) in [7, 11) is 2.00. The number of rotatable bonds is 3. The molecule has 1 unspecified atom stereocenters. The third-order valence-electron chi connectivity index (χ3n) is 2.93. The number of aromatic nitrogens is 3. The molecule has 0 bridgehead atoms. The van der Waals surface area contributed by atoms with E-state index >= 15 is 0 Å². The highest BCUT2D eigenvalue weighted by Crippen LogP contribution is 2.11. The van der Waals surface area contributed by atoms with Crippen LogP contribution in [0.5, 0.6) is 0 Å². The molecule has 2 rings (SSSR count). The molecule has 1 aromatic heterocycles. The maximum Gasteiger partial charge on any atom is 0.132 e. The van der Waals surface area contributed by atoms with Crippen molar-refractivity contribution < 1.29 is 0 Å². The lowest BCUT2D eigenvalue weighted by atomic mass is 10.0. The summed E-state index contributed by atoms with van der Waals surface area (Å²) in [5, 5.41) is 11.5. The molecule has 14 heavy (non-hydrogen) atoms. The molecule has 0 aliphatic carbocycles. The maximum atomic E-state index is 4.09. The van der Waals surface area contributed by atoms with Crippen molar-refractivity contribution in [3.05, 3.63) is 12.2 Å². The van der Waals surface area contributed by atoms with Crippen LogP contribution in [-0.4, -0.2) is 27.4 Å². The summed E-state index contributed by atoms with van der Waals surface area (Å²) in [5.74, 6) is 1.09. The molecule has 1 fully saturated rings. The number of hydrogen-bond acceptors (Lipinski definition) is 3. The average molecular weight is 194 g/mol. The van der Waals surface area contributed by atoms with Crippen molar-refractivity contribution in [3.8, 4) is 0 Å². The second-order valence-electron chi connectivity index (χ2n) is 4.04. The second kappa shape index (κ2) is 4.55. The highest BCUT2D eigenvalue weighted by molar-refractivity contribution is 4.86. The molecule has 1 aliphatic heterocycles. The van der Waals surface area contributed by atoms with E-state index in [1.165, 1.54) is 32.2 Å². The number of piperidine rings is 1. The second-order valence-corrected chi connectivity index (χ2v) is 4.04. The Balaban J connectivity index is 1.79. The molecule has 4 heteroatoms. The molecule has 0 radical (unpaired) electrons. The Morgan fingerprint density at radius 2 is 2.50 bits per heavy atom. The Morgan fingerprint density at radius 3 is 3.14 bits per heavy atom. The summed E-state index contributed by atoms with van der Waals surface area (Å²) in [6, 6.07) is 0.695. The van der Waals surface area contributed by atoms with Crippen LogP contribution in [0.25, 0.3) is 0 Å². The van der Waals surface area contributed by atoms with E-state index in [9.17, 15) is 0 Å². The van der Waals surface area contributed by atoms with Gasteiger partial charge in [-0.15, -0.1) is 10.2 Å². The molecule has 0 spiro atoms. The minimum Gasteiger partial charge on any atom is -0.321 e. The molecule has 0 saturated carbocycles. The standard InChI is InChI=1S/C10H18N4/c1-14-8-12-13-10(14)6-5-9-4-2-3-7-11-9/h8-9,11H,2-7H2,1H3. The van der Waals surface area contributed by atoms with Crippen LogP contribution in [0, 0.1) is 0 Å². The number of aryl methyl sites for hydroxylation is 2. The average Bonchev–Trinajstić information content (AvgIpc) is 2.63. The van der Waals surface area contributed by atoms with E-state index in [4.69, 9.17) is 0 Å². The van der Waals surface area contributed by atoms with E-state index < -0.39 is 0 Å². The van der Waals surface area contributed by atoms with Crippen LogP contribution in [0.15, 0.2) is 6.33 Å². The Labute approximate surface area is 84.7 Å². The lowest BCUT2D eigenvalue weighted by molar-refractivity contribution is 0.379. The van der Waals surface area contributed by atoms with Gasteiger partial charge in [-0.25, -0.2) is 0 Å². The zero-order valence-electron chi connectivity index (χ0n) is 8.74. The van der Waals surface area contributed by atoms with Gasteiger partial charge in [-0.05, 0) is 25.8 Å². The van der Waals surface area contributed by atoms with E-state index in [0.29, 0.717) is 6.04 Å². The molecule has 78 valence electrons. The Kier molecular flexibility index (Phi) is 3.14. The van der Waals surface area contributed by atoms with Gasteiger partial charge in [0.1, 0.15) is 12.2 Å². The molecule has 1 aliphatic rings. The molecule has 1 aromatic rings. The molecular formula is C10H18N4. The fourth-order valence-electron chi connectivity index (χ4n) is 2.01. The van der Waals surface area contributed by atoms with Gasteiger partial charge in [0.05, 0.1) is 0 Å². The van der Waals surface area contributed by atoms with Crippen LogP contribution in [0.2, 0.25) is 0 Å². The maximum absolute atomic E-state index is 4.09. The highest BCUT2D eigenvalue weighted by atomic mass is 15.2. The number of hydrogen-bond donors (Lipinski definition) is 1. The third kappa shape index (κ3) is 2.32. The normalized spacial score (nSPS) is 22.5. The van der Waals surface area contributed by atoms with Crippen LogP contribution < -0.4 is 5.32 Å². The van der Waals surface area contributed by atoms with Gasteiger partial charge in [0, 0.05) is 19.5 Å². The monoisotopic (exact) mass is 194 g/mol. The lowest BCUT2D eigenvalue weighted by Crippen LogP contribution is -2.34. The van der Waals surface area contributed by atoms with E-state index in [1.807, 2.05) is 11.6 Å². The van der Waals surface area contributed by atoms with Crippen molar-refractivity contribution in [1.82, 2.24) is 20.1 Å². The molecule has 1 saturated heterocycles. The summed E-state index contributed by atoms with van der Waals surface area (Å²) in [5.41, 5.74) is 0. The molecule has 0 aromatic carbocycles. The Morgan fingerprint density at radius 1 is 1.57 bits per heavy atom. The van der Waals surface area contributed by atoms with Gasteiger partial charge in [-0.3, -0.25) is 0 Å². The minimum absolute atomic E-state index is 0.695. The van der Waals surface area contributed by atoms with Gasteiger partial charge in [0.2, 0.25) is 0 Å². The fraction of sp³-hybridized carbons (Fsp3) is 0.800. The molecule has 2 heterocycles. The SMILES string of the molecule is Cn1cnnc1CCC1CCCCN1. The quantitative estimate of drug-likeness (QED) is 0.777. The summed E-state index contributed by atoms with van der Waals surface area (Å²) in [6.07, 6.45) is 8.01. The number of nitrogens with one attached hydrogen (secondary N) is 1. The molecule has 0 amide bonds. The van der Waals surface area contributed by atoms with E-state index in [1.54, 1.807) is 6.33 Å². The third-order valence-corrected chi connectivity index (χ3v) is 2.93. The van der Waals surface area contributed by atoms with Crippen molar-refractivity contribution in [2.75, 3.05) is 6.54 Å². The van der Waals surface area contributed by atoms with Crippen molar-refractivity contribution in [2.45, 2.75) is 38.1 Å². The summed E-state index contributed by atoms with van der Waals surface area (Å²) in [6.45, 7) is 1.18. The van der Waals surface area contributed by atoms with Crippen LogP contribution in [0.1, 0.15) is 31.5 Å². The van der Waals surface area contributed by atoms with Crippen molar-refractivity contribution in [2.24, 2.45) is 7.05 Å². The molecular weight excluding hydrogens is 176 g/mol. The zero-order valence-corrected chi connectivity index (χ0v) is 8.74. The molecule has 1 N–H and O–H groups in total. The smallest absolute Gasteiger partial charge is 0.132 e. The fourth-order valence-corrected chi connectivity index (χ4v) is 2.01. The Bertz CT molecular complexity index is 275. The summed E-state index contributed by atoms with van der Waals surface area (Å²) < 4.78 is 2.00. The number of nitrogens with zero attached hydrogens (tertiary/aromatic N) is 3. The van der Waals surface area contributed by atoms with Crippen LogP contribution in [-0.2, 0) is 13.5 Å². The first-order valence-electron chi connectivity index (χ1n) is 5.42. The highest BCUT2D eigenvalue weighted by Gasteiger charge is 2.13. The largest absolute Gasteiger partial charge is 0.321 e. The van der Waals surface area contributed by atoms with Gasteiger partial charge in [-0.1, -0.05) is 6.42 Å². The summed E-state index contributed by atoms with van der Waals surface area (Å²) >= 11 is 0. The predicted molar refractivity (Wildman–Crippen MR) is 55.0 cm³/mol. The zero-order chi connectivity index (χ0) is 9.80. The van der Waals surface area contributed by atoms with Crippen LogP contribution in [0.3, 0.4) is 0 Å². The van der Waals surface area contributed by atoms with E-state index in [-0.39, 0.29) is 0 Å². The van der Waals surface area contributed by atoms with Gasteiger partial charge in [0.15, 0.2) is 0 Å². The van der Waals surface area contributed by atoms with Crippen molar-refractivity contribution >= 4 is 0 Å². The predicted octanol–water partition coefficient (Wildman–Crippen LogP) is 0.890. The first kappa shape index (κ1) is 9.65. The minimum atomic E-state index is 0.695. The summed E-state index contributed by atoms with van der Waals surface area (Å²) in [4.78, 5) is 0. The first-order valence-corrected chi connectivity index (χ1v) is 5.42. The van der Waals surface area contributed by atoms with E-state index in [0.717, 1.165) is 12.2 Å². The van der Waals surface area contributed by atoms with Gasteiger partial charge >= 0.3 is 0 Å². The van der Waals surface area contributed by atoms with Crippen molar-refractivity contribution in [1.29, 1.82) is 0 Å². The topological polar surface area (TPSA) is 42.7 Å². The molecule has 4 nitrogen and oxygen atoms in total.